The molecule has 0 fully saturated rings. The van der Waals surface area contributed by atoms with Crippen LogP contribution in [0.4, 0.5) is 17.1 Å². The Bertz CT molecular complexity index is 1270. The summed E-state index contributed by atoms with van der Waals surface area (Å²) in [5.41, 5.74) is 7.33. The van der Waals surface area contributed by atoms with Crippen molar-refractivity contribution in [1.29, 1.82) is 0 Å². The molecule has 4 rings (SSSR count). The fraction of sp³-hybridized carbons (Fsp3) is 0.172. The Balaban J connectivity index is 1.91. The molecule has 0 bridgehead atoms. The first kappa shape index (κ1) is 23.1. The fourth-order valence-electron chi connectivity index (χ4n) is 4.45. The van der Waals surface area contributed by atoms with Crippen molar-refractivity contribution in [2.75, 3.05) is 4.90 Å². The normalized spacial score (nSPS) is 10.9. The van der Waals surface area contributed by atoms with Crippen LogP contribution >= 0.6 is 0 Å². The molecule has 0 atom stereocenters. The van der Waals surface area contributed by atoms with Crippen LogP contribution in [0.15, 0.2) is 66.7 Å². The van der Waals surface area contributed by atoms with Gasteiger partial charge in [-0.25, -0.2) is 0 Å². The molecule has 0 aromatic heterocycles. The summed E-state index contributed by atoms with van der Waals surface area (Å²) >= 11 is 0. The van der Waals surface area contributed by atoms with E-state index in [4.69, 9.17) is 4.74 Å². The summed E-state index contributed by atoms with van der Waals surface area (Å²) in [5, 5.41) is 30.2. The van der Waals surface area contributed by atoms with E-state index in [2.05, 4.69) is 4.90 Å². The third-order valence-corrected chi connectivity index (χ3v) is 5.87. The van der Waals surface area contributed by atoms with Gasteiger partial charge in [0.05, 0.1) is 11.4 Å². The van der Waals surface area contributed by atoms with Gasteiger partial charge in [-0.2, -0.15) is 0 Å². The van der Waals surface area contributed by atoms with E-state index in [1.54, 1.807) is 36.4 Å². The molecule has 0 aliphatic heterocycles. The quantitative estimate of drug-likeness (QED) is 0.289. The minimum absolute atomic E-state index is 0.143. The number of anilines is 3. The van der Waals surface area contributed by atoms with Gasteiger partial charge in [0.1, 0.15) is 28.7 Å². The molecule has 0 saturated carbocycles. The highest BCUT2D eigenvalue weighted by molar-refractivity contribution is 5.84. The molecule has 3 N–H and O–H groups in total. The van der Waals surface area contributed by atoms with E-state index in [0.717, 1.165) is 44.9 Å². The number of phenols is 3. The molecule has 0 radical (unpaired) electrons. The van der Waals surface area contributed by atoms with Crippen LogP contribution in [0.3, 0.4) is 0 Å². The zero-order valence-electron chi connectivity index (χ0n) is 20.0. The molecule has 34 heavy (non-hydrogen) atoms. The zero-order valence-corrected chi connectivity index (χ0v) is 20.0. The summed E-state index contributed by atoms with van der Waals surface area (Å²) in [6.45, 7) is 9.80. The third-order valence-electron chi connectivity index (χ3n) is 5.87. The number of hydrogen-bond donors (Lipinski definition) is 3. The number of hydrogen-bond acceptors (Lipinski definition) is 5. The Hall–Kier alpha value is -4.12. The number of nitrogens with zero attached hydrogens (tertiary/aromatic N) is 1. The van der Waals surface area contributed by atoms with Gasteiger partial charge in [0.25, 0.3) is 0 Å². The number of ether oxygens (including phenoxy) is 1. The second-order valence-corrected chi connectivity index (χ2v) is 8.74. The van der Waals surface area contributed by atoms with E-state index in [9.17, 15) is 15.3 Å². The molecule has 0 aliphatic rings. The molecule has 0 spiro atoms. The summed E-state index contributed by atoms with van der Waals surface area (Å²) < 4.78 is 6.15. The van der Waals surface area contributed by atoms with Crippen molar-refractivity contribution < 1.29 is 20.1 Å². The minimum atomic E-state index is 0.143. The van der Waals surface area contributed by atoms with Crippen LogP contribution in [0.2, 0.25) is 0 Å². The van der Waals surface area contributed by atoms with E-state index < -0.39 is 0 Å². The molecule has 174 valence electrons. The number of rotatable bonds is 5. The Kier molecular flexibility index (Phi) is 6.12. The molecule has 0 unspecified atom stereocenters. The highest BCUT2D eigenvalue weighted by atomic mass is 16.5. The molecule has 4 aromatic carbocycles. The summed E-state index contributed by atoms with van der Waals surface area (Å²) in [5.74, 6) is 1.78. The molecule has 0 amide bonds. The molecule has 0 aliphatic carbocycles. The fourth-order valence-corrected chi connectivity index (χ4v) is 4.45. The second-order valence-electron chi connectivity index (χ2n) is 8.74. The standard InChI is InChI=1S/C29H29NO4/c1-17-9-10-23(31)16-27(17)34-26-8-6-7-22(15-26)30(28-18(2)11-24(32)12-19(28)3)29-20(4)13-25(33)14-21(29)5/h6-16,31-33H,1-5H3. The minimum Gasteiger partial charge on any atom is -0.508 e. The van der Waals surface area contributed by atoms with Gasteiger partial charge in [0.15, 0.2) is 0 Å². The SMILES string of the molecule is Cc1ccc(O)cc1Oc1cccc(N(c2c(C)cc(O)cc2C)c2c(C)cc(O)cc2C)c1. The van der Waals surface area contributed by atoms with Gasteiger partial charge >= 0.3 is 0 Å². The Morgan fingerprint density at radius 2 is 1.09 bits per heavy atom. The van der Waals surface area contributed by atoms with Crippen molar-refractivity contribution in [3.63, 3.8) is 0 Å². The first-order valence-corrected chi connectivity index (χ1v) is 11.1. The molecular formula is C29H29NO4. The lowest BCUT2D eigenvalue weighted by Crippen LogP contribution is -2.15. The van der Waals surface area contributed by atoms with Crippen LogP contribution in [0.5, 0.6) is 28.7 Å². The monoisotopic (exact) mass is 455 g/mol. The van der Waals surface area contributed by atoms with Gasteiger partial charge in [0.2, 0.25) is 0 Å². The molecule has 4 aromatic rings. The molecule has 0 saturated heterocycles. The van der Waals surface area contributed by atoms with E-state index in [-0.39, 0.29) is 17.2 Å². The maximum atomic E-state index is 10.2. The third kappa shape index (κ3) is 4.50. The van der Waals surface area contributed by atoms with Gasteiger partial charge in [-0.1, -0.05) is 12.1 Å². The Morgan fingerprint density at radius 3 is 1.62 bits per heavy atom. The Labute approximate surface area is 200 Å². The number of benzene rings is 4. The Morgan fingerprint density at radius 1 is 0.559 bits per heavy atom. The van der Waals surface area contributed by atoms with Crippen LogP contribution in [0.1, 0.15) is 27.8 Å². The molecule has 5 heteroatoms. The van der Waals surface area contributed by atoms with E-state index >= 15 is 0 Å². The summed E-state index contributed by atoms with van der Waals surface area (Å²) in [6.07, 6.45) is 0. The van der Waals surface area contributed by atoms with Gasteiger partial charge < -0.3 is 25.0 Å². The van der Waals surface area contributed by atoms with Crippen molar-refractivity contribution in [1.82, 2.24) is 0 Å². The first-order valence-electron chi connectivity index (χ1n) is 11.1. The highest BCUT2D eigenvalue weighted by Crippen LogP contribution is 2.44. The lowest BCUT2D eigenvalue weighted by atomic mass is 10.0. The van der Waals surface area contributed by atoms with E-state index in [0.29, 0.717) is 11.5 Å². The average Bonchev–Trinajstić information content (AvgIpc) is 2.74. The zero-order chi connectivity index (χ0) is 24.6. The number of phenolic OH excluding ortho intramolecular Hbond substituents is 3. The lowest BCUT2D eigenvalue weighted by molar-refractivity contribution is 0.453. The molecule has 0 heterocycles. The van der Waals surface area contributed by atoms with Crippen molar-refractivity contribution in [2.24, 2.45) is 0 Å². The van der Waals surface area contributed by atoms with Crippen molar-refractivity contribution in [2.45, 2.75) is 34.6 Å². The second kappa shape index (κ2) is 9.02. The van der Waals surface area contributed by atoms with Gasteiger partial charge in [-0.3, -0.25) is 0 Å². The van der Waals surface area contributed by atoms with E-state index in [1.807, 2.05) is 65.0 Å². The topological polar surface area (TPSA) is 73.2 Å². The van der Waals surface area contributed by atoms with Crippen molar-refractivity contribution in [3.05, 3.63) is 94.5 Å². The van der Waals surface area contributed by atoms with Crippen LogP contribution in [-0.4, -0.2) is 15.3 Å². The summed E-state index contributed by atoms with van der Waals surface area (Å²) in [6, 6.07) is 19.8. The smallest absolute Gasteiger partial charge is 0.134 e. The van der Waals surface area contributed by atoms with Gasteiger partial charge in [-0.15, -0.1) is 0 Å². The summed E-state index contributed by atoms with van der Waals surface area (Å²) in [7, 11) is 0. The largest absolute Gasteiger partial charge is 0.508 e. The maximum Gasteiger partial charge on any atom is 0.134 e. The average molecular weight is 456 g/mol. The van der Waals surface area contributed by atoms with Gasteiger partial charge in [-0.05, 0) is 105 Å². The van der Waals surface area contributed by atoms with Crippen LogP contribution in [0.25, 0.3) is 0 Å². The summed E-state index contributed by atoms with van der Waals surface area (Å²) in [4.78, 5) is 2.14. The number of aryl methyl sites for hydroxylation is 5. The van der Waals surface area contributed by atoms with Crippen LogP contribution in [0, 0.1) is 34.6 Å². The van der Waals surface area contributed by atoms with Crippen LogP contribution < -0.4 is 9.64 Å². The predicted octanol–water partition coefficient (Wildman–Crippen LogP) is 7.61. The van der Waals surface area contributed by atoms with Crippen molar-refractivity contribution >= 4 is 17.1 Å². The predicted molar refractivity (Wildman–Crippen MR) is 136 cm³/mol. The van der Waals surface area contributed by atoms with Crippen molar-refractivity contribution in [3.8, 4) is 28.7 Å². The first-order chi connectivity index (χ1) is 16.1. The highest BCUT2D eigenvalue weighted by Gasteiger charge is 2.22. The number of aromatic hydroxyl groups is 3. The molecule has 5 nitrogen and oxygen atoms in total. The molecular weight excluding hydrogens is 426 g/mol. The maximum absolute atomic E-state index is 10.2. The lowest BCUT2D eigenvalue weighted by Gasteiger charge is -2.31. The van der Waals surface area contributed by atoms with E-state index in [1.165, 1.54) is 0 Å². The van der Waals surface area contributed by atoms with Gasteiger partial charge in [0, 0.05) is 17.8 Å². The van der Waals surface area contributed by atoms with Crippen LogP contribution in [-0.2, 0) is 0 Å².